The van der Waals surface area contributed by atoms with E-state index in [1.54, 1.807) is 11.3 Å². The molecule has 3 heterocycles. The predicted molar refractivity (Wildman–Crippen MR) is 226 cm³/mol. The summed E-state index contributed by atoms with van der Waals surface area (Å²) in [5.41, 5.74) is 10.1. The van der Waals surface area contributed by atoms with E-state index in [4.69, 9.17) is 24.9 Å². The van der Waals surface area contributed by atoms with E-state index >= 15 is 0 Å². The highest BCUT2D eigenvalue weighted by atomic mass is 32.1. The van der Waals surface area contributed by atoms with Crippen LogP contribution in [0.3, 0.4) is 0 Å². The first-order chi connectivity index (χ1) is 27.2. The second kappa shape index (κ2) is 14.0. The first-order valence-corrected chi connectivity index (χ1v) is 19.0. The summed E-state index contributed by atoms with van der Waals surface area (Å²) in [4.78, 5) is 24.9. The van der Waals surface area contributed by atoms with Crippen molar-refractivity contribution in [1.82, 2.24) is 24.9 Å². The molecule has 7 aromatic carbocycles. The zero-order chi connectivity index (χ0) is 36.6. The third kappa shape index (κ3) is 6.35. The van der Waals surface area contributed by atoms with E-state index in [9.17, 15) is 0 Å². The number of thiophene rings is 1. The van der Waals surface area contributed by atoms with Crippen LogP contribution < -0.4 is 0 Å². The Morgan fingerprint density at radius 3 is 1.25 bits per heavy atom. The molecule has 0 aliphatic heterocycles. The minimum atomic E-state index is 0.639. The number of fused-ring (bicyclic) bond motifs is 3. The van der Waals surface area contributed by atoms with Crippen LogP contribution in [0.15, 0.2) is 188 Å². The van der Waals surface area contributed by atoms with Gasteiger partial charge in [0.2, 0.25) is 0 Å². The Bertz CT molecular complexity index is 2830. The lowest BCUT2D eigenvalue weighted by atomic mass is 9.98. The van der Waals surface area contributed by atoms with E-state index in [0.29, 0.717) is 23.3 Å². The summed E-state index contributed by atoms with van der Waals surface area (Å²) in [6, 6.07) is 64.6. The highest BCUT2D eigenvalue weighted by Crippen LogP contribution is 2.42. The first kappa shape index (κ1) is 32.5. The highest BCUT2D eigenvalue weighted by Gasteiger charge is 2.16. The van der Waals surface area contributed by atoms with Crippen molar-refractivity contribution in [2.24, 2.45) is 0 Å². The van der Waals surface area contributed by atoms with E-state index in [2.05, 4.69) is 91.0 Å². The van der Waals surface area contributed by atoms with Crippen LogP contribution in [0, 0.1) is 0 Å². The largest absolute Gasteiger partial charge is 0.228 e. The molecule has 10 rings (SSSR count). The van der Waals surface area contributed by atoms with Gasteiger partial charge >= 0.3 is 0 Å². The lowest BCUT2D eigenvalue weighted by molar-refractivity contribution is 1.07. The van der Waals surface area contributed by atoms with Crippen LogP contribution in [0.25, 0.3) is 99.4 Å². The SMILES string of the molecule is c1ccc(-c2cc(-c3ccccc3)nc(-c3ccc4c(c3)sc3cccc(-c5ccc(-c6nc(-c7ccccc7)nc(-c7ccccc7)n6)cc5)c34)n2)cc1. The molecule has 55 heavy (non-hydrogen) atoms. The molecule has 0 aliphatic carbocycles. The molecule has 0 radical (unpaired) electrons. The van der Waals surface area contributed by atoms with Crippen molar-refractivity contribution in [3.05, 3.63) is 188 Å². The molecule has 0 aliphatic rings. The van der Waals surface area contributed by atoms with Gasteiger partial charge in [-0.2, -0.15) is 0 Å². The van der Waals surface area contributed by atoms with Gasteiger partial charge in [-0.15, -0.1) is 11.3 Å². The second-order valence-corrected chi connectivity index (χ2v) is 14.4. The summed E-state index contributed by atoms with van der Waals surface area (Å²) < 4.78 is 2.42. The summed E-state index contributed by atoms with van der Waals surface area (Å²) in [6.07, 6.45) is 0. The summed E-state index contributed by atoms with van der Waals surface area (Å²) in [7, 11) is 0. The van der Waals surface area contributed by atoms with Crippen molar-refractivity contribution < 1.29 is 0 Å². The van der Waals surface area contributed by atoms with Gasteiger partial charge in [0.25, 0.3) is 0 Å². The average Bonchev–Trinajstić information content (AvgIpc) is 3.66. The fourth-order valence-electron chi connectivity index (χ4n) is 7.03. The number of hydrogen-bond donors (Lipinski definition) is 0. The Morgan fingerprint density at radius 2 is 0.727 bits per heavy atom. The number of benzene rings is 7. The Kier molecular flexibility index (Phi) is 8.28. The molecule has 5 nitrogen and oxygen atoms in total. The maximum atomic E-state index is 5.08. The van der Waals surface area contributed by atoms with Crippen molar-refractivity contribution in [2.45, 2.75) is 0 Å². The van der Waals surface area contributed by atoms with Crippen molar-refractivity contribution in [2.75, 3.05) is 0 Å². The van der Waals surface area contributed by atoms with Crippen molar-refractivity contribution in [1.29, 1.82) is 0 Å². The summed E-state index contributed by atoms with van der Waals surface area (Å²) >= 11 is 1.80. The fourth-order valence-corrected chi connectivity index (χ4v) is 8.20. The summed E-state index contributed by atoms with van der Waals surface area (Å²) in [5.74, 6) is 2.64. The zero-order valence-corrected chi connectivity index (χ0v) is 30.4. The molecule has 6 heteroatoms. The zero-order valence-electron chi connectivity index (χ0n) is 29.5. The maximum absolute atomic E-state index is 5.08. The quantitative estimate of drug-likeness (QED) is 0.164. The Morgan fingerprint density at radius 1 is 0.291 bits per heavy atom. The van der Waals surface area contributed by atoms with Crippen molar-refractivity contribution >= 4 is 31.5 Å². The standard InChI is InChI=1S/C49H31N5S/c1-5-14-33(15-6-1)41-31-42(34-16-7-2-8-17-34)51-49(50-41)38-28-29-40-44(30-38)55-43-23-13-22-39(45(40)43)32-24-26-37(27-25-32)48-53-46(35-18-9-3-10-19-35)52-47(54-48)36-20-11-4-12-21-36/h1-31H. The van der Waals surface area contributed by atoms with E-state index < -0.39 is 0 Å². The molecule has 0 amide bonds. The Hall–Kier alpha value is -7.15. The van der Waals surface area contributed by atoms with Crippen LogP contribution in [0.2, 0.25) is 0 Å². The molecule has 0 unspecified atom stereocenters. The lowest BCUT2D eigenvalue weighted by Gasteiger charge is -2.10. The Labute approximate surface area is 322 Å². The van der Waals surface area contributed by atoms with Crippen LogP contribution in [0.1, 0.15) is 0 Å². The van der Waals surface area contributed by atoms with Gasteiger partial charge < -0.3 is 0 Å². The van der Waals surface area contributed by atoms with Gasteiger partial charge in [-0.3, -0.25) is 0 Å². The van der Waals surface area contributed by atoms with Crippen LogP contribution in [-0.4, -0.2) is 24.9 Å². The third-order valence-electron chi connectivity index (χ3n) is 9.77. The van der Waals surface area contributed by atoms with Crippen LogP contribution in [-0.2, 0) is 0 Å². The molecule has 0 bridgehead atoms. The number of aromatic nitrogens is 5. The molecular formula is C49H31N5S. The molecule has 0 fully saturated rings. The van der Waals surface area contributed by atoms with E-state index in [1.165, 1.54) is 25.7 Å². The maximum Gasteiger partial charge on any atom is 0.164 e. The highest BCUT2D eigenvalue weighted by molar-refractivity contribution is 7.26. The molecule has 0 atom stereocenters. The molecule has 10 aromatic rings. The predicted octanol–water partition coefficient (Wildman–Crippen LogP) is 12.7. The number of hydrogen-bond acceptors (Lipinski definition) is 6. The van der Waals surface area contributed by atoms with Gasteiger partial charge in [0.05, 0.1) is 11.4 Å². The number of nitrogens with zero attached hydrogens (tertiary/aromatic N) is 5. The topological polar surface area (TPSA) is 64.5 Å². The fraction of sp³-hybridized carbons (Fsp3) is 0. The van der Waals surface area contributed by atoms with E-state index in [-0.39, 0.29) is 0 Å². The molecular weight excluding hydrogens is 691 g/mol. The minimum absolute atomic E-state index is 0.639. The molecule has 0 N–H and O–H groups in total. The smallest absolute Gasteiger partial charge is 0.164 e. The normalized spacial score (nSPS) is 11.3. The van der Waals surface area contributed by atoms with Gasteiger partial charge in [-0.25, -0.2) is 24.9 Å². The van der Waals surface area contributed by atoms with Crippen LogP contribution >= 0.6 is 11.3 Å². The number of rotatable bonds is 7. The molecule has 0 saturated heterocycles. The van der Waals surface area contributed by atoms with Crippen LogP contribution in [0.5, 0.6) is 0 Å². The van der Waals surface area contributed by atoms with Gasteiger partial charge in [-0.1, -0.05) is 170 Å². The Balaban J connectivity index is 1.04. The molecule has 3 aromatic heterocycles. The summed E-state index contributed by atoms with van der Waals surface area (Å²) in [6.45, 7) is 0. The minimum Gasteiger partial charge on any atom is -0.228 e. The van der Waals surface area contributed by atoms with Gasteiger partial charge in [0.15, 0.2) is 23.3 Å². The second-order valence-electron chi connectivity index (χ2n) is 13.3. The molecule has 0 saturated carbocycles. The summed E-state index contributed by atoms with van der Waals surface area (Å²) in [5, 5.41) is 2.45. The van der Waals surface area contributed by atoms with Crippen molar-refractivity contribution in [3.63, 3.8) is 0 Å². The molecule has 258 valence electrons. The monoisotopic (exact) mass is 721 g/mol. The van der Waals surface area contributed by atoms with Crippen LogP contribution in [0.4, 0.5) is 0 Å². The first-order valence-electron chi connectivity index (χ1n) is 18.2. The van der Waals surface area contributed by atoms with Gasteiger partial charge in [0, 0.05) is 53.6 Å². The van der Waals surface area contributed by atoms with E-state index in [0.717, 1.165) is 50.3 Å². The van der Waals surface area contributed by atoms with Gasteiger partial charge in [0.1, 0.15) is 0 Å². The lowest BCUT2D eigenvalue weighted by Crippen LogP contribution is -2.00. The average molecular weight is 722 g/mol. The van der Waals surface area contributed by atoms with E-state index in [1.807, 2.05) is 97.1 Å². The van der Waals surface area contributed by atoms with Gasteiger partial charge in [-0.05, 0) is 29.3 Å². The van der Waals surface area contributed by atoms with Crippen molar-refractivity contribution in [3.8, 4) is 79.2 Å². The molecule has 0 spiro atoms. The third-order valence-corrected chi connectivity index (χ3v) is 10.9.